The quantitative estimate of drug-likeness (QED) is 0.0201. The maximum Gasteiger partial charge on any atom is 0.237 e. The van der Waals surface area contributed by atoms with Gasteiger partial charge in [0.25, 0.3) is 0 Å². The van der Waals surface area contributed by atoms with E-state index in [1.807, 2.05) is 72.8 Å². The Kier molecular flexibility index (Phi) is 29.4. The number of aryl methyl sites for hydroxylation is 3. The highest BCUT2D eigenvalue weighted by atomic mass is 35.5. The number of nitrogens with one attached hydrogen (secondary N) is 3. The molecule has 0 aliphatic carbocycles. The maximum absolute atomic E-state index is 13.1. The number of nitrogens with two attached hydrogens (primary N) is 3. The van der Waals surface area contributed by atoms with Crippen LogP contribution in [-0.2, 0) is 52.9 Å². The number of alkyl halides is 6. The van der Waals surface area contributed by atoms with E-state index in [4.69, 9.17) is 86.8 Å². The van der Waals surface area contributed by atoms with E-state index in [1.54, 1.807) is 0 Å². The van der Waals surface area contributed by atoms with E-state index in [9.17, 15) is 14.4 Å². The molecule has 0 saturated heterocycles. The lowest BCUT2D eigenvalue weighted by Crippen LogP contribution is -2.42. The van der Waals surface area contributed by atoms with Crippen molar-refractivity contribution in [1.29, 1.82) is 0 Å². The molecule has 4 rings (SSSR count). The number of hydrogen-bond acceptors (Lipinski definition) is 9. The van der Waals surface area contributed by atoms with Crippen molar-refractivity contribution in [3.63, 3.8) is 0 Å². The molecule has 9 N–H and O–H groups in total. The molecule has 0 heterocycles. The fraction of sp³-hybridized carbons (Fsp3) is 0.500. The third-order valence-electron chi connectivity index (χ3n) is 12.3. The SMILES string of the molecule is NC(Cc1ccc(N(CCCl)CCCl)cc1)C(=O)NCCCc1cc(CCCNC(=O)C(N)Cc2ccc(N(CCCl)CCCl)cc2)cc(CCCNC(=O)C(N)Cc2ccc(N(CCCl)CCCl)cc2)c1. The summed E-state index contributed by atoms with van der Waals surface area (Å²) in [6.45, 7) is 5.60. The van der Waals surface area contributed by atoms with Crippen LogP contribution in [0.3, 0.4) is 0 Å². The van der Waals surface area contributed by atoms with Crippen molar-refractivity contribution in [2.75, 3.05) is 109 Å². The zero-order chi connectivity index (χ0) is 52.1. The number of carbonyl (C=O) groups excluding carboxylic acids is 3. The molecule has 0 aromatic heterocycles. The largest absolute Gasteiger partial charge is 0.369 e. The number of amides is 3. The van der Waals surface area contributed by atoms with Crippen LogP contribution in [0.2, 0.25) is 0 Å². The lowest BCUT2D eigenvalue weighted by molar-refractivity contribution is -0.123. The van der Waals surface area contributed by atoms with Crippen molar-refractivity contribution < 1.29 is 14.4 Å². The Balaban J connectivity index is 1.30. The monoisotopic (exact) mass is 1110 g/mol. The molecule has 4 aromatic carbocycles. The van der Waals surface area contributed by atoms with Gasteiger partial charge in [-0.1, -0.05) is 54.6 Å². The molecule has 72 heavy (non-hydrogen) atoms. The van der Waals surface area contributed by atoms with Gasteiger partial charge in [-0.3, -0.25) is 14.4 Å². The summed E-state index contributed by atoms with van der Waals surface area (Å²) in [5.74, 6) is 2.41. The first-order valence-electron chi connectivity index (χ1n) is 25.0. The van der Waals surface area contributed by atoms with E-state index < -0.39 is 18.1 Å². The number of benzene rings is 4. The number of anilines is 3. The Morgan fingerprint density at radius 3 is 0.806 bits per heavy atom. The highest BCUT2D eigenvalue weighted by Crippen LogP contribution is 2.20. The Morgan fingerprint density at radius 2 is 0.597 bits per heavy atom. The van der Waals surface area contributed by atoms with Crippen molar-refractivity contribution in [2.24, 2.45) is 17.2 Å². The van der Waals surface area contributed by atoms with Crippen LogP contribution in [0.1, 0.15) is 52.6 Å². The molecule has 3 amide bonds. The second kappa shape index (κ2) is 34.7. The van der Waals surface area contributed by atoms with Crippen LogP contribution in [-0.4, -0.2) is 130 Å². The van der Waals surface area contributed by atoms with Crippen molar-refractivity contribution in [3.05, 3.63) is 124 Å². The van der Waals surface area contributed by atoms with E-state index in [1.165, 1.54) is 0 Å². The highest BCUT2D eigenvalue weighted by Gasteiger charge is 2.18. The van der Waals surface area contributed by atoms with Gasteiger partial charge in [0.15, 0.2) is 0 Å². The minimum absolute atomic E-state index is 0.196. The van der Waals surface area contributed by atoms with Crippen LogP contribution in [0.25, 0.3) is 0 Å². The maximum atomic E-state index is 13.1. The van der Waals surface area contributed by atoms with Gasteiger partial charge in [0.1, 0.15) is 0 Å². The van der Waals surface area contributed by atoms with Crippen LogP contribution in [0.15, 0.2) is 91.0 Å². The van der Waals surface area contributed by atoms with Gasteiger partial charge in [-0.25, -0.2) is 0 Å². The van der Waals surface area contributed by atoms with Gasteiger partial charge in [-0.2, -0.15) is 0 Å². The predicted octanol–water partition coefficient (Wildman–Crippen LogP) is 7.40. The average Bonchev–Trinajstić information content (AvgIpc) is 3.38. The topological polar surface area (TPSA) is 175 Å². The fourth-order valence-corrected chi connectivity index (χ4v) is 9.69. The first-order valence-corrected chi connectivity index (χ1v) is 28.2. The van der Waals surface area contributed by atoms with E-state index in [0.29, 0.717) is 113 Å². The molecule has 18 heteroatoms. The summed E-state index contributed by atoms with van der Waals surface area (Å²) in [6, 6.07) is 28.5. The first kappa shape index (κ1) is 60.9. The standard InChI is InChI=1S/C54H75Cl6N9O3/c55-19-28-67(29-20-56)46-13-7-40(8-14-46)37-49(61)52(70)64-25-1-4-43-34-44(5-2-26-65-53(71)50(62)38-41-9-15-47(16-10-41)68(30-21-57)31-22-58)36-45(35-43)6-3-27-66-54(72)51(63)39-42-11-17-48(18-12-42)69(32-23-59)33-24-60/h7-18,34-36,49-51H,1-6,19-33,37-39,61-63H2,(H,64,70)(H,65,71)(H,66,72). The van der Waals surface area contributed by atoms with Gasteiger partial charge in [0.2, 0.25) is 17.7 Å². The van der Waals surface area contributed by atoms with Crippen molar-refractivity contribution >= 4 is 104 Å². The zero-order valence-electron chi connectivity index (χ0n) is 41.4. The normalized spacial score (nSPS) is 12.5. The van der Waals surface area contributed by atoms with Gasteiger partial charge in [-0.15, -0.1) is 69.6 Å². The lowest BCUT2D eigenvalue weighted by Gasteiger charge is -2.23. The van der Waals surface area contributed by atoms with Crippen molar-refractivity contribution in [1.82, 2.24) is 16.0 Å². The first-order chi connectivity index (χ1) is 34.9. The van der Waals surface area contributed by atoms with Gasteiger partial charge >= 0.3 is 0 Å². The summed E-state index contributed by atoms with van der Waals surface area (Å²) in [5, 5.41) is 9.08. The minimum Gasteiger partial charge on any atom is -0.369 e. The van der Waals surface area contributed by atoms with Crippen LogP contribution >= 0.6 is 69.6 Å². The molecule has 4 aromatic rings. The van der Waals surface area contributed by atoms with Crippen LogP contribution in [0.4, 0.5) is 17.1 Å². The van der Waals surface area contributed by atoms with Gasteiger partial charge in [0.05, 0.1) is 18.1 Å². The smallest absolute Gasteiger partial charge is 0.237 e. The van der Waals surface area contributed by atoms with Crippen LogP contribution < -0.4 is 47.9 Å². The van der Waals surface area contributed by atoms with Crippen LogP contribution in [0.5, 0.6) is 0 Å². The van der Waals surface area contributed by atoms with E-state index >= 15 is 0 Å². The van der Waals surface area contributed by atoms with Gasteiger partial charge in [-0.05, 0) is 128 Å². The minimum atomic E-state index is -0.686. The molecule has 0 fully saturated rings. The van der Waals surface area contributed by atoms with Gasteiger partial charge in [0, 0.05) is 111 Å². The Morgan fingerprint density at radius 1 is 0.375 bits per heavy atom. The molecule has 0 radical (unpaired) electrons. The Hall–Kier alpha value is -3.69. The summed E-state index contributed by atoms with van der Waals surface area (Å²) in [4.78, 5) is 45.5. The summed E-state index contributed by atoms with van der Waals surface area (Å²) >= 11 is 35.9. The Bertz CT molecular complexity index is 1900. The summed E-state index contributed by atoms with van der Waals surface area (Å²) in [5.41, 5.74) is 28.5. The van der Waals surface area contributed by atoms with Crippen molar-refractivity contribution in [2.45, 2.75) is 75.9 Å². The fourth-order valence-electron chi connectivity index (χ4n) is 8.47. The summed E-state index contributed by atoms with van der Waals surface area (Å²) in [7, 11) is 0. The third-order valence-corrected chi connectivity index (χ3v) is 13.4. The van der Waals surface area contributed by atoms with Crippen molar-refractivity contribution in [3.8, 4) is 0 Å². The zero-order valence-corrected chi connectivity index (χ0v) is 46.0. The molecule has 3 unspecified atom stereocenters. The molecule has 12 nitrogen and oxygen atoms in total. The second-order valence-corrected chi connectivity index (χ2v) is 20.1. The molecule has 0 aliphatic heterocycles. The molecule has 0 spiro atoms. The highest BCUT2D eigenvalue weighted by molar-refractivity contribution is 6.19. The van der Waals surface area contributed by atoms with E-state index in [2.05, 4.69) is 48.8 Å². The predicted molar refractivity (Wildman–Crippen MR) is 306 cm³/mol. The molecule has 0 saturated carbocycles. The molecule has 3 atom stereocenters. The molecule has 0 bridgehead atoms. The number of hydrogen-bond donors (Lipinski definition) is 6. The molecule has 396 valence electrons. The Labute approximate surface area is 458 Å². The number of halogens is 6. The molecular weight excluding hydrogens is 1040 g/mol. The number of rotatable bonds is 36. The molecule has 0 aliphatic rings. The van der Waals surface area contributed by atoms with Crippen LogP contribution in [0, 0.1) is 0 Å². The summed E-state index contributed by atoms with van der Waals surface area (Å²) in [6.07, 6.45) is 5.64. The van der Waals surface area contributed by atoms with Gasteiger partial charge < -0.3 is 47.9 Å². The second-order valence-electron chi connectivity index (χ2n) is 17.9. The number of carbonyl (C=O) groups is 3. The summed E-state index contributed by atoms with van der Waals surface area (Å²) < 4.78 is 0. The molecular formula is C54H75Cl6N9O3. The lowest BCUT2D eigenvalue weighted by atomic mass is 9.97. The van der Waals surface area contributed by atoms with E-state index in [0.717, 1.165) is 89.0 Å². The number of nitrogens with zero attached hydrogens (tertiary/aromatic N) is 3. The van der Waals surface area contributed by atoms with E-state index in [-0.39, 0.29) is 17.7 Å². The third kappa shape index (κ3) is 22.0. The average molecular weight is 1110 g/mol.